The van der Waals surface area contributed by atoms with E-state index in [0.29, 0.717) is 12.1 Å². The molecule has 1 aliphatic heterocycles. The molecule has 1 aromatic carbocycles. The van der Waals surface area contributed by atoms with Gasteiger partial charge in [-0.25, -0.2) is 5.06 Å². The molecule has 0 fully saturated rings. The van der Waals surface area contributed by atoms with Gasteiger partial charge in [0.25, 0.3) is 5.91 Å². The number of benzene rings is 1. The van der Waals surface area contributed by atoms with Crippen molar-refractivity contribution in [3.8, 4) is 0 Å². The van der Waals surface area contributed by atoms with Crippen molar-refractivity contribution in [2.24, 2.45) is 0 Å². The van der Waals surface area contributed by atoms with Crippen LogP contribution in [-0.2, 0) is 9.63 Å². The molecule has 0 spiro atoms. The summed E-state index contributed by atoms with van der Waals surface area (Å²) in [5.74, 6) is -0.307. The van der Waals surface area contributed by atoms with Crippen molar-refractivity contribution in [2.45, 2.75) is 40.2 Å². The summed E-state index contributed by atoms with van der Waals surface area (Å²) in [7, 11) is 0. The normalized spacial score (nSPS) is 18.6. The van der Waals surface area contributed by atoms with Crippen molar-refractivity contribution >= 4 is 11.5 Å². The number of carbonyl (C=O) groups excluding carboxylic acids is 1. The molecular weight excluding hydrogens is 254 g/mol. The zero-order valence-electron chi connectivity index (χ0n) is 12.7. The van der Waals surface area contributed by atoms with Gasteiger partial charge in [0.1, 0.15) is 11.4 Å². The van der Waals surface area contributed by atoms with E-state index in [0.717, 1.165) is 16.7 Å². The van der Waals surface area contributed by atoms with Gasteiger partial charge in [-0.1, -0.05) is 23.8 Å². The van der Waals surface area contributed by atoms with E-state index in [1.54, 1.807) is 13.8 Å². The Morgan fingerprint density at radius 3 is 2.55 bits per heavy atom. The largest absolute Gasteiger partial charge is 0.508 e. The first kappa shape index (κ1) is 14.6. The van der Waals surface area contributed by atoms with Crippen molar-refractivity contribution in [1.82, 2.24) is 5.06 Å². The number of aliphatic hydroxyl groups is 1. The molecule has 1 heterocycles. The minimum absolute atomic E-state index is 0.0131. The quantitative estimate of drug-likeness (QED) is 0.902. The minimum atomic E-state index is -0.907. The van der Waals surface area contributed by atoms with Crippen molar-refractivity contribution in [3.63, 3.8) is 0 Å². The standard InChI is InChI=1S/C16H21NO3/c1-6-17-15(19)13(14(18)16(4,5)20-17)12-9-10(2)7-8-11(12)3/h7-9,18H,6H2,1-5H3. The molecule has 0 unspecified atom stereocenters. The van der Waals surface area contributed by atoms with Crippen LogP contribution in [0.2, 0.25) is 0 Å². The van der Waals surface area contributed by atoms with Crippen LogP contribution < -0.4 is 0 Å². The Kier molecular flexibility index (Phi) is 3.61. The van der Waals surface area contributed by atoms with Crippen LogP contribution in [0, 0.1) is 13.8 Å². The maximum absolute atomic E-state index is 12.5. The number of hydrogen-bond donors (Lipinski definition) is 1. The summed E-state index contributed by atoms with van der Waals surface area (Å²) >= 11 is 0. The lowest BCUT2D eigenvalue weighted by Crippen LogP contribution is -2.46. The molecule has 4 nitrogen and oxygen atoms in total. The van der Waals surface area contributed by atoms with Gasteiger partial charge in [-0.05, 0) is 45.7 Å². The molecule has 0 saturated carbocycles. The van der Waals surface area contributed by atoms with Crippen molar-refractivity contribution in [2.75, 3.05) is 6.54 Å². The molecule has 0 atom stereocenters. The molecule has 0 aliphatic carbocycles. The first-order valence-electron chi connectivity index (χ1n) is 6.80. The van der Waals surface area contributed by atoms with Crippen LogP contribution in [0.4, 0.5) is 0 Å². The fraction of sp³-hybridized carbons (Fsp3) is 0.438. The summed E-state index contributed by atoms with van der Waals surface area (Å²) in [5, 5.41) is 11.8. The highest BCUT2D eigenvalue weighted by atomic mass is 16.7. The van der Waals surface area contributed by atoms with Crippen molar-refractivity contribution in [3.05, 3.63) is 40.6 Å². The predicted molar refractivity (Wildman–Crippen MR) is 78.0 cm³/mol. The highest BCUT2D eigenvalue weighted by Crippen LogP contribution is 2.35. The molecule has 0 radical (unpaired) electrons. The molecule has 1 aliphatic rings. The van der Waals surface area contributed by atoms with Crippen LogP contribution in [0.3, 0.4) is 0 Å². The summed E-state index contributed by atoms with van der Waals surface area (Å²) in [6.45, 7) is 9.68. The lowest BCUT2D eigenvalue weighted by molar-refractivity contribution is -0.227. The number of aliphatic hydroxyl groups excluding tert-OH is 1. The van der Waals surface area contributed by atoms with E-state index in [4.69, 9.17) is 4.84 Å². The second kappa shape index (κ2) is 4.94. The smallest absolute Gasteiger partial charge is 0.281 e. The van der Waals surface area contributed by atoms with E-state index in [9.17, 15) is 9.90 Å². The Labute approximate surface area is 119 Å². The number of likely N-dealkylation sites (N-methyl/N-ethyl adjacent to an activating group) is 1. The Hall–Kier alpha value is -1.81. The number of amides is 1. The van der Waals surface area contributed by atoms with Crippen molar-refractivity contribution < 1.29 is 14.7 Å². The molecule has 20 heavy (non-hydrogen) atoms. The molecule has 0 aromatic heterocycles. The van der Waals surface area contributed by atoms with Gasteiger partial charge < -0.3 is 5.11 Å². The summed E-state index contributed by atoms with van der Waals surface area (Å²) in [6.07, 6.45) is 0. The third-order valence-corrected chi connectivity index (χ3v) is 3.54. The average Bonchev–Trinajstić information content (AvgIpc) is 2.38. The molecule has 4 heteroatoms. The molecule has 1 amide bonds. The van der Waals surface area contributed by atoms with Crippen LogP contribution in [0.15, 0.2) is 24.0 Å². The second-order valence-corrected chi connectivity index (χ2v) is 5.64. The fourth-order valence-electron chi connectivity index (χ4n) is 2.34. The Bertz CT molecular complexity index is 587. The molecule has 0 bridgehead atoms. The third kappa shape index (κ3) is 2.31. The molecule has 108 valence electrons. The van der Waals surface area contributed by atoms with E-state index >= 15 is 0 Å². The summed E-state index contributed by atoms with van der Waals surface area (Å²) in [6, 6.07) is 5.87. The topological polar surface area (TPSA) is 49.8 Å². The molecular formula is C16H21NO3. The van der Waals surface area contributed by atoms with Gasteiger partial charge in [0.05, 0.1) is 5.57 Å². The van der Waals surface area contributed by atoms with E-state index < -0.39 is 5.60 Å². The van der Waals surface area contributed by atoms with Gasteiger partial charge in [-0.15, -0.1) is 0 Å². The van der Waals surface area contributed by atoms with Crippen LogP contribution in [0.25, 0.3) is 5.57 Å². The molecule has 1 N–H and O–H groups in total. The van der Waals surface area contributed by atoms with Gasteiger partial charge in [0.2, 0.25) is 0 Å². The Morgan fingerprint density at radius 1 is 1.30 bits per heavy atom. The molecule has 1 aromatic rings. The lowest BCUT2D eigenvalue weighted by atomic mass is 9.91. The van der Waals surface area contributed by atoms with Crippen LogP contribution in [0.5, 0.6) is 0 Å². The summed E-state index contributed by atoms with van der Waals surface area (Å²) < 4.78 is 0. The molecule has 0 saturated heterocycles. The van der Waals surface area contributed by atoms with Crippen LogP contribution in [0.1, 0.15) is 37.5 Å². The van der Waals surface area contributed by atoms with Gasteiger partial charge in [-0.3, -0.25) is 9.63 Å². The average molecular weight is 275 g/mol. The number of hydrogen-bond acceptors (Lipinski definition) is 3. The van der Waals surface area contributed by atoms with Gasteiger partial charge >= 0.3 is 0 Å². The number of rotatable bonds is 2. The number of carbonyl (C=O) groups is 1. The fourth-order valence-corrected chi connectivity index (χ4v) is 2.34. The highest BCUT2D eigenvalue weighted by Gasteiger charge is 2.41. The second-order valence-electron chi connectivity index (χ2n) is 5.64. The number of hydroxylamine groups is 2. The van der Waals surface area contributed by atoms with Gasteiger partial charge in [0.15, 0.2) is 0 Å². The zero-order valence-corrected chi connectivity index (χ0v) is 12.7. The SMILES string of the molecule is CCN1OC(C)(C)C(O)=C(c2cc(C)ccc2C)C1=O. The number of aryl methyl sites for hydroxylation is 2. The van der Waals surface area contributed by atoms with Crippen LogP contribution in [-0.4, -0.2) is 28.2 Å². The maximum atomic E-state index is 12.5. The van der Waals surface area contributed by atoms with Gasteiger partial charge in [-0.2, -0.15) is 0 Å². The monoisotopic (exact) mass is 275 g/mol. The van der Waals surface area contributed by atoms with E-state index in [2.05, 4.69) is 0 Å². The third-order valence-electron chi connectivity index (χ3n) is 3.54. The highest BCUT2D eigenvalue weighted by molar-refractivity contribution is 6.20. The molecule has 2 rings (SSSR count). The minimum Gasteiger partial charge on any atom is -0.508 e. The zero-order chi connectivity index (χ0) is 15.1. The van der Waals surface area contributed by atoms with Crippen molar-refractivity contribution in [1.29, 1.82) is 0 Å². The number of nitrogens with zero attached hydrogens (tertiary/aromatic N) is 1. The summed E-state index contributed by atoms with van der Waals surface area (Å²) in [5.41, 5.74) is 2.20. The Balaban J connectivity index is 2.67. The first-order chi connectivity index (χ1) is 9.27. The Morgan fingerprint density at radius 2 is 1.95 bits per heavy atom. The van der Waals surface area contributed by atoms with Gasteiger partial charge in [0, 0.05) is 6.54 Å². The maximum Gasteiger partial charge on any atom is 0.281 e. The first-order valence-corrected chi connectivity index (χ1v) is 6.80. The van der Waals surface area contributed by atoms with E-state index in [1.807, 2.05) is 39.0 Å². The predicted octanol–water partition coefficient (Wildman–Crippen LogP) is 3.14. The van der Waals surface area contributed by atoms with Crippen LogP contribution >= 0.6 is 0 Å². The van der Waals surface area contributed by atoms with E-state index in [1.165, 1.54) is 5.06 Å². The summed E-state index contributed by atoms with van der Waals surface area (Å²) in [4.78, 5) is 18.0. The van der Waals surface area contributed by atoms with E-state index in [-0.39, 0.29) is 11.7 Å². The lowest BCUT2D eigenvalue weighted by Gasteiger charge is -2.37.